The zero-order valence-electron chi connectivity index (χ0n) is 9.90. The molecule has 4 N–H and O–H groups in total. The van der Waals surface area contributed by atoms with Crippen LogP contribution in [0.2, 0.25) is 0 Å². The molecule has 0 aromatic heterocycles. The third-order valence-corrected chi connectivity index (χ3v) is 2.17. The number of nitrogens with one attached hydrogen (secondary N) is 2. The van der Waals surface area contributed by atoms with Crippen molar-refractivity contribution in [2.24, 2.45) is 0 Å². The molecule has 0 aliphatic heterocycles. The summed E-state index contributed by atoms with van der Waals surface area (Å²) < 4.78 is 0. The number of hydrogen-bond donors (Lipinski definition) is 3. The van der Waals surface area contributed by atoms with Gasteiger partial charge < -0.3 is 16.4 Å². The van der Waals surface area contributed by atoms with Crippen molar-refractivity contribution >= 4 is 17.5 Å². The number of rotatable bonds is 5. The number of nitrogens with two attached hydrogens (primary N) is 1. The minimum Gasteiger partial charge on any atom is -0.399 e. The maximum Gasteiger partial charge on any atom is 0.251 e. The van der Waals surface area contributed by atoms with E-state index < -0.39 is 0 Å². The first-order valence-corrected chi connectivity index (χ1v) is 5.47. The van der Waals surface area contributed by atoms with E-state index >= 15 is 0 Å². The van der Waals surface area contributed by atoms with Gasteiger partial charge >= 0.3 is 0 Å². The summed E-state index contributed by atoms with van der Waals surface area (Å²) in [5.74, 6) is 1.82. The van der Waals surface area contributed by atoms with Gasteiger partial charge in [-0.05, 0) is 24.3 Å². The maximum absolute atomic E-state index is 11.6. The fraction of sp³-hybridized carbons (Fsp3) is 0.231. The number of terminal acetylenes is 1. The second-order valence-electron chi connectivity index (χ2n) is 3.61. The zero-order valence-corrected chi connectivity index (χ0v) is 9.90. The molecule has 0 saturated carbocycles. The highest BCUT2D eigenvalue weighted by Crippen LogP contribution is 2.04. The van der Waals surface area contributed by atoms with Crippen molar-refractivity contribution in [2.75, 3.05) is 18.8 Å². The average molecular weight is 245 g/mol. The number of amides is 2. The van der Waals surface area contributed by atoms with Gasteiger partial charge in [-0.25, -0.2) is 0 Å². The van der Waals surface area contributed by atoms with Gasteiger partial charge in [0.1, 0.15) is 0 Å². The summed E-state index contributed by atoms with van der Waals surface area (Å²) in [7, 11) is 0. The van der Waals surface area contributed by atoms with Crippen LogP contribution in [0, 0.1) is 12.3 Å². The second-order valence-corrected chi connectivity index (χ2v) is 3.61. The Bertz CT molecular complexity index is 460. The quantitative estimate of drug-likeness (QED) is 0.392. The van der Waals surface area contributed by atoms with Gasteiger partial charge in [0.25, 0.3) is 5.91 Å². The first-order chi connectivity index (χ1) is 8.63. The van der Waals surface area contributed by atoms with Crippen molar-refractivity contribution in [3.05, 3.63) is 29.8 Å². The Morgan fingerprint density at radius 3 is 2.50 bits per heavy atom. The normalized spacial score (nSPS) is 9.28. The third kappa shape index (κ3) is 4.58. The molecule has 0 radical (unpaired) electrons. The molecule has 0 heterocycles. The van der Waals surface area contributed by atoms with E-state index in [0.717, 1.165) is 0 Å². The van der Waals surface area contributed by atoms with Crippen LogP contribution < -0.4 is 16.4 Å². The third-order valence-electron chi connectivity index (χ3n) is 2.17. The highest BCUT2D eigenvalue weighted by atomic mass is 16.2. The van der Waals surface area contributed by atoms with Crippen molar-refractivity contribution in [1.29, 1.82) is 0 Å². The summed E-state index contributed by atoms with van der Waals surface area (Å²) in [6.45, 7) is 0.334. The summed E-state index contributed by atoms with van der Waals surface area (Å²) >= 11 is 0. The van der Waals surface area contributed by atoms with E-state index in [0.29, 0.717) is 24.2 Å². The Morgan fingerprint density at radius 2 is 1.89 bits per heavy atom. The Morgan fingerprint density at radius 1 is 1.22 bits per heavy atom. The van der Waals surface area contributed by atoms with Gasteiger partial charge in [0.15, 0.2) is 0 Å². The van der Waals surface area contributed by atoms with Crippen LogP contribution in [0.5, 0.6) is 0 Å². The van der Waals surface area contributed by atoms with E-state index in [4.69, 9.17) is 12.2 Å². The lowest BCUT2D eigenvalue weighted by atomic mass is 10.2. The molecule has 0 atom stereocenters. The van der Waals surface area contributed by atoms with Gasteiger partial charge in [0.05, 0.1) is 6.54 Å². The molecule has 0 spiro atoms. The molecular formula is C13H15N3O2. The summed E-state index contributed by atoms with van der Waals surface area (Å²) in [5.41, 5.74) is 6.55. The Kier molecular flexibility index (Phi) is 5.26. The SMILES string of the molecule is C#CCCNC(=O)CNC(=O)c1ccc(N)cc1. The number of anilines is 1. The van der Waals surface area contributed by atoms with E-state index in [1.54, 1.807) is 24.3 Å². The van der Waals surface area contributed by atoms with Gasteiger partial charge in [-0.3, -0.25) is 9.59 Å². The standard InChI is InChI=1S/C13H15N3O2/c1-2-3-8-15-12(17)9-16-13(18)10-4-6-11(14)7-5-10/h1,4-7H,3,8-9,14H2,(H,15,17)(H,16,18). The Balaban J connectivity index is 2.35. The molecule has 1 aromatic carbocycles. The van der Waals surface area contributed by atoms with Crippen LogP contribution in [0.15, 0.2) is 24.3 Å². The maximum atomic E-state index is 11.6. The predicted molar refractivity (Wildman–Crippen MR) is 69.6 cm³/mol. The Hall–Kier alpha value is -2.48. The summed E-state index contributed by atoms with van der Waals surface area (Å²) in [6.07, 6.45) is 5.51. The lowest BCUT2D eigenvalue weighted by Crippen LogP contribution is -2.37. The topological polar surface area (TPSA) is 84.2 Å². The van der Waals surface area contributed by atoms with Gasteiger partial charge in [-0.15, -0.1) is 12.3 Å². The zero-order chi connectivity index (χ0) is 13.4. The van der Waals surface area contributed by atoms with Crippen LogP contribution in [0.4, 0.5) is 5.69 Å². The van der Waals surface area contributed by atoms with Crippen molar-refractivity contribution < 1.29 is 9.59 Å². The number of nitrogen functional groups attached to an aromatic ring is 1. The predicted octanol–water partition coefficient (Wildman–Crippen LogP) is 0.138. The molecule has 0 saturated heterocycles. The van der Waals surface area contributed by atoms with Crippen LogP contribution in [0.3, 0.4) is 0 Å². The molecule has 0 unspecified atom stereocenters. The molecule has 1 rings (SSSR count). The molecule has 0 aliphatic carbocycles. The van der Waals surface area contributed by atoms with E-state index in [1.807, 2.05) is 0 Å². The number of carbonyl (C=O) groups excluding carboxylic acids is 2. The number of hydrogen-bond acceptors (Lipinski definition) is 3. The minimum atomic E-state index is -0.318. The summed E-state index contributed by atoms with van der Waals surface area (Å²) in [6, 6.07) is 6.45. The first kappa shape index (κ1) is 13.6. The highest BCUT2D eigenvalue weighted by Gasteiger charge is 2.06. The fourth-order valence-electron chi connectivity index (χ4n) is 1.23. The first-order valence-electron chi connectivity index (χ1n) is 5.47. The smallest absolute Gasteiger partial charge is 0.251 e. The molecule has 5 nitrogen and oxygen atoms in total. The van der Waals surface area contributed by atoms with Crippen LogP contribution in [-0.2, 0) is 4.79 Å². The van der Waals surface area contributed by atoms with Crippen LogP contribution >= 0.6 is 0 Å². The van der Waals surface area contributed by atoms with E-state index in [1.165, 1.54) is 0 Å². The highest BCUT2D eigenvalue weighted by molar-refractivity contribution is 5.96. The van der Waals surface area contributed by atoms with Crippen LogP contribution in [0.25, 0.3) is 0 Å². The molecule has 94 valence electrons. The summed E-state index contributed by atoms with van der Waals surface area (Å²) in [4.78, 5) is 22.9. The monoisotopic (exact) mass is 245 g/mol. The molecule has 18 heavy (non-hydrogen) atoms. The van der Waals surface area contributed by atoms with Crippen molar-refractivity contribution in [1.82, 2.24) is 10.6 Å². The van der Waals surface area contributed by atoms with Crippen LogP contribution in [-0.4, -0.2) is 24.9 Å². The average Bonchev–Trinajstić information content (AvgIpc) is 2.37. The van der Waals surface area contributed by atoms with Crippen molar-refractivity contribution in [3.63, 3.8) is 0 Å². The van der Waals surface area contributed by atoms with Gasteiger partial charge in [-0.2, -0.15) is 0 Å². The van der Waals surface area contributed by atoms with Crippen LogP contribution in [0.1, 0.15) is 16.8 Å². The van der Waals surface area contributed by atoms with Crippen molar-refractivity contribution in [2.45, 2.75) is 6.42 Å². The lowest BCUT2D eigenvalue weighted by molar-refractivity contribution is -0.120. The largest absolute Gasteiger partial charge is 0.399 e. The van der Waals surface area contributed by atoms with Crippen molar-refractivity contribution in [3.8, 4) is 12.3 Å². The Labute approximate surface area is 106 Å². The molecule has 5 heteroatoms. The number of carbonyl (C=O) groups is 2. The van der Waals surface area contributed by atoms with Gasteiger partial charge in [0, 0.05) is 24.2 Å². The second kappa shape index (κ2) is 6.97. The summed E-state index contributed by atoms with van der Waals surface area (Å²) in [5, 5.41) is 5.09. The molecule has 0 aliphatic rings. The lowest BCUT2D eigenvalue weighted by Gasteiger charge is -2.06. The molecule has 1 aromatic rings. The fourth-order valence-corrected chi connectivity index (χ4v) is 1.23. The minimum absolute atomic E-state index is 0.0756. The molecule has 0 bridgehead atoms. The van der Waals surface area contributed by atoms with E-state index in [9.17, 15) is 9.59 Å². The van der Waals surface area contributed by atoms with E-state index in [2.05, 4.69) is 16.6 Å². The molecule has 0 fully saturated rings. The number of benzene rings is 1. The van der Waals surface area contributed by atoms with Gasteiger partial charge in [-0.1, -0.05) is 0 Å². The van der Waals surface area contributed by atoms with E-state index in [-0.39, 0.29) is 18.4 Å². The van der Waals surface area contributed by atoms with Gasteiger partial charge in [0.2, 0.25) is 5.91 Å². The molecular weight excluding hydrogens is 230 g/mol. The molecule has 2 amide bonds.